The average molecular weight is 274 g/mol. The Bertz CT molecular complexity index is 619. The number of aromatic carboxylic acids is 1. The van der Waals surface area contributed by atoms with Crippen LogP contribution in [0.1, 0.15) is 42.7 Å². The van der Waals surface area contributed by atoms with E-state index in [9.17, 15) is 4.79 Å². The van der Waals surface area contributed by atoms with Gasteiger partial charge < -0.3 is 10.4 Å². The first-order valence-corrected chi connectivity index (χ1v) is 6.54. The molecule has 2 aromatic rings. The summed E-state index contributed by atoms with van der Waals surface area (Å²) in [6.07, 6.45) is 3.54. The number of pyridine rings is 1. The average Bonchev–Trinajstić information content (AvgIpc) is 2.85. The Morgan fingerprint density at radius 2 is 2.20 bits per heavy atom. The smallest absolute Gasteiger partial charge is 0.335 e. The van der Waals surface area contributed by atoms with Gasteiger partial charge in [0.05, 0.1) is 17.4 Å². The minimum absolute atomic E-state index is 0.160. The SMILES string of the molecule is CCn1cc(Nc2cc(C(=O)O)cc(C(C)C)n2)cn1. The minimum atomic E-state index is -0.957. The van der Waals surface area contributed by atoms with Crippen LogP contribution in [0.15, 0.2) is 24.5 Å². The summed E-state index contributed by atoms with van der Waals surface area (Å²) in [6, 6.07) is 3.13. The molecule has 6 heteroatoms. The van der Waals surface area contributed by atoms with Crippen LogP contribution in [0.4, 0.5) is 11.5 Å². The minimum Gasteiger partial charge on any atom is -0.478 e. The molecular formula is C14H18N4O2. The zero-order chi connectivity index (χ0) is 14.7. The second-order valence-electron chi connectivity index (χ2n) is 4.84. The highest BCUT2D eigenvalue weighted by atomic mass is 16.4. The van der Waals surface area contributed by atoms with E-state index >= 15 is 0 Å². The Morgan fingerprint density at radius 3 is 2.75 bits per heavy atom. The summed E-state index contributed by atoms with van der Waals surface area (Å²) in [4.78, 5) is 15.6. The Kier molecular flexibility index (Phi) is 4.02. The van der Waals surface area contributed by atoms with Crippen molar-refractivity contribution in [1.29, 1.82) is 0 Å². The fourth-order valence-electron chi connectivity index (χ4n) is 1.78. The van der Waals surface area contributed by atoms with Crippen LogP contribution in [-0.2, 0) is 6.54 Å². The first-order chi connectivity index (χ1) is 9.49. The molecule has 2 aromatic heterocycles. The lowest BCUT2D eigenvalue weighted by Crippen LogP contribution is -2.04. The fourth-order valence-corrected chi connectivity index (χ4v) is 1.78. The van der Waals surface area contributed by atoms with Crippen molar-refractivity contribution in [2.75, 3.05) is 5.32 Å². The Morgan fingerprint density at radius 1 is 1.45 bits per heavy atom. The summed E-state index contributed by atoms with van der Waals surface area (Å²) in [6.45, 7) is 6.73. The third-order valence-electron chi connectivity index (χ3n) is 2.91. The number of rotatable bonds is 5. The summed E-state index contributed by atoms with van der Waals surface area (Å²) in [7, 11) is 0. The second kappa shape index (κ2) is 5.73. The largest absolute Gasteiger partial charge is 0.478 e. The number of carbonyl (C=O) groups is 1. The summed E-state index contributed by atoms with van der Waals surface area (Å²) in [5.41, 5.74) is 1.76. The van der Waals surface area contributed by atoms with Crippen LogP contribution in [0.25, 0.3) is 0 Å². The molecule has 0 aliphatic carbocycles. The van der Waals surface area contributed by atoms with Gasteiger partial charge in [0.25, 0.3) is 0 Å². The highest BCUT2D eigenvalue weighted by molar-refractivity contribution is 5.88. The molecule has 0 atom stereocenters. The van der Waals surface area contributed by atoms with E-state index in [2.05, 4.69) is 15.4 Å². The lowest BCUT2D eigenvalue weighted by atomic mass is 10.1. The quantitative estimate of drug-likeness (QED) is 0.876. The third-order valence-corrected chi connectivity index (χ3v) is 2.91. The monoisotopic (exact) mass is 274 g/mol. The number of aromatic nitrogens is 3. The maximum Gasteiger partial charge on any atom is 0.335 e. The number of anilines is 2. The molecule has 0 aromatic carbocycles. The van der Waals surface area contributed by atoms with Crippen LogP contribution in [0.5, 0.6) is 0 Å². The van der Waals surface area contributed by atoms with Crippen molar-refractivity contribution in [1.82, 2.24) is 14.8 Å². The van der Waals surface area contributed by atoms with Crippen LogP contribution >= 0.6 is 0 Å². The van der Waals surface area contributed by atoms with Gasteiger partial charge in [0.2, 0.25) is 0 Å². The standard InChI is InChI=1S/C14H18N4O2/c1-4-18-8-11(7-15-18)16-13-6-10(14(19)20)5-12(17-13)9(2)3/h5-9H,4H2,1-3H3,(H,16,17)(H,19,20). The topological polar surface area (TPSA) is 80.0 Å². The van der Waals surface area contributed by atoms with Gasteiger partial charge in [0, 0.05) is 18.4 Å². The van der Waals surface area contributed by atoms with Gasteiger partial charge in [0.15, 0.2) is 0 Å². The van der Waals surface area contributed by atoms with Gasteiger partial charge >= 0.3 is 5.97 Å². The van der Waals surface area contributed by atoms with E-state index in [1.807, 2.05) is 27.0 Å². The van der Waals surface area contributed by atoms with E-state index < -0.39 is 5.97 Å². The van der Waals surface area contributed by atoms with Crippen molar-refractivity contribution in [3.8, 4) is 0 Å². The molecule has 2 heterocycles. The van der Waals surface area contributed by atoms with E-state index in [1.54, 1.807) is 16.9 Å². The lowest BCUT2D eigenvalue weighted by Gasteiger charge is -2.10. The Labute approximate surface area is 117 Å². The number of carboxylic acids is 1. The molecule has 0 radical (unpaired) electrons. The van der Waals surface area contributed by atoms with E-state index in [0.717, 1.165) is 17.9 Å². The van der Waals surface area contributed by atoms with Gasteiger partial charge in [-0.15, -0.1) is 0 Å². The van der Waals surface area contributed by atoms with Crippen molar-refractivity contribution in [2.24, 2.45) is 0 Å². The van der Waals surface area contributed by atoms with Crippen LogP contribution in [0, 0.1) is 0 Å². The Balaban J connectivity index is 2.32. The van der Waals surface area contributed by atoms with Crippen molar-refractivity contribution < 1.29 is 9.90 Å². The lowest BCUT2D eigenvalue weighted by molar-refractivity contribution is 0.0696. The molecular weight excluding hydrogens is 256 g/mol. The van der Waals surface area contributed by atoms with Crippen LogP contribution < -0.4 is 5.32 Å². The molecule has 106 valence electrons. The zero-order valence-corrected chi connectivity index (χ0v) is 11.8. The molecule has 0 saturated heterocycles. The van der Waals surface area contributed by atoms with Crippen LogP contribution in [0.2, 0.25) is 0 Å². The number of aryl methyl sites for hydroxylation is 1. The van der Waals surface area contributed by atoms with Gasteiger partial charge in [-0.3, -0.25) is 4.68 Å². The molecule has 6 nitrogen and oxygen atoms in total. The molecule has 0 saturated carbocycles. The van der Waals surface area contributed by atoms with Gasteiger partial charge in [-0.05, 0) is 25.0 Å². The second-order valence-corrected chi connectivity index (χ2v) is 4.84. The highest BCUT2D eigenvalue weighted by Gasteiger charge is 2.11. The van der Waals surface area contributed by atoms with E-state index in [4.69, 9.17) is 5.11 Å². The summed E-state index contributed by atoms with van der Waals surface area (Å²) >= 11 is 0. The maximum atomic E-state index is 11.2. The van der Waals surface area contributed by atoms with Gasteiger partial charge in [-0.25, -0.2) is 9.78 Å². The molecule has 2 N–H and O–H groups in total. The fraction of sp³-hybridized carbons (Fsp3) is 0.357. The number of hydrogen-bond acceptors (Lipinski definition) is 4. The number of nitrogens with one attached hydrogen (secondary N) is 1. The Hall–Kier alpha value is -2.37. The van der Waals surface area contributed by atoms with Crippen molar-refractivity contribution in [2.45, 2.75) is 33.2 Å². The number of nitrogens with zero attached hydrogens (tertiary/aromatic N) is 3. The molecule has 0 aliphatic rings. The molecule has 0 unspecified atom stereocenters. The normalized spacial score (nSPS) is 10.8. The molecule has 0 bridgehead atoms. The molecule has 0 fully saturated rings. The summed E-state index contributed by atoms with van der Waals surface area (Å²) in [5, 5.41) is 16.4. The van der Waals surface area contributed by atoms with E-state index in [-0.39, 0.29) is 11.5 Å². The highest BCUT2D eigenvalue weighted by Crippen LogP contribution is 2.20. The van der Waals surface area contributed by atoms with Crippen LogP contribution in [-0.4, -0.2) is 25.8 Å². The maximum absolute atomic E-state index is 11.2. The number of carboxylic acid groups (broad SMARTS) is 1. The third kappa shape index (κ3) is 3.14. The first kappa shape index (κ1) is 14.0. The van der Waals surface area contributed by atoms with Crippen molar-refractivity contribution >= 4 is 17.5 Å². The van der Waals surface area contributed by atoms with Crippen molar-refractivity contribution in [3.63, 3.8) is 0 Å². The first-order valence-electron chi connectivity index (χ1n) is 6.54. The van der Waals surface area contributed by atoms with E-state index in [0.29, 0.717) is 5.82 Å². The summed E-state index contributed by atoms with van der Waals surface area (Å²) in [5.74, 6) is -0.279. The number of hydrogen-bond donors (Lipinski definition) is 2. The van der Waals surface area contributed by atoms with Crippen molar-refractivity contribution in [3.05, 3.63) is 35.8 Å². The van der Waals surface area contributed by atoms with Gasteiger partial charge in [0.1, 0.15) is 5.82 Å². The van der Waals surface area contributed by atoms with Gasteiger partial charge in [-0.2, -0.15) is 5.10 Å². The van der Waals surface area contributed by atoms with Crippen LogP contribution in [0.3, 0.4) is 0 Å². The van der Waals surface area contributed by atoms with E-state index in [1.165, 1.54) is 6.07 Å². The molecule has 0 spiro atoms. The molecule has 20 heavy (non-hydrogen) atoms. The summed E-state index contributed by atoms with van der Waals surface area (Å²) < 4.78 is 1.78. The molecule has 0 aliphatic heterocycles. The molecule has 0 amide bonds. The predicted molar refractivity (Wildman–Crippen MR) is 76.5 cm³/mol. The van der Waals surface area contributed by atoms with Gasteiger partial charge in [-0.1, -0.05) is 13.8 Å². The zero-order valence-electron chi connectivity index (χ0n) is 11.8. The predicted octanol–water partition coefficient (Wildman–Crippen LogP) is 2.86. The molecule has 2 rings (SSSR count).